The Morgan fingerprint density at radius 2 is 1.89 bits per heavy atom. The van der Waals surface area contributed by atoms with Gasteiger partial charge in [-0.25, -0.2) is 8.42 Å². The Morgan fingerprint density at radius 3 is 2.50 bits per heavy atom. The van der Waals surface area contributed by atoms with E-state index >= 15 is 0 Å². The smallest absolute Gasteiger partial charge is 0.252 e. The Morgan fingerprint density at radius 1 is 1.22 bits per heavy atom. The lowest BCUT2D eigenvalue weighted by molar-refractivity contribution is 0.425. The molecular weight excluding hydrogens is 268 g/mol. The quantitative estimate of drug-likeness (QED) is 0.922. The van der Waals surface area contributed by atoms with Crippen molar-refractivity contribution in [3.05, 3.63) is 17.0 Å². The van der Waals surface area contributed by atoms with Crippen LogP contribution in [-0.4, -0.2) is 32.9 Å². The number of rotatable bonds is 4. The first-order chi connectivity index (χ1) is 8.64. The standard InChI is InChI=1S/C12H20N2O2S2/c1-13-10-11-6-7-12(17-11)18(15,16)14-8-4-2-3-5-9-14/h6-7,13H,2-5,8-10H2,1H3. The van der Waals surface area contributed by atoms with Crippen LogP contribution in [0.15, 0.2) is 16.3 Å². The minimum atomic E-state index is -3.26. The predicted molar refractivity (Wildman–Crippen MR) is 74.3 cm³/mol. The molecule has 0 bridgehead atoms. The molecule has 0 aromatic carbocycles. The number of nitrogens with zero attached hydrogens (tertiary/aromatic N) is 1. The van der Waals surface area contributed by atoms with Gasteiger partial charge < -0.3 is 5.32 Å². The fourth-order valence-electron chi connectivity index (χ4n) is 2.18. The molecule has 4 nitrogen and oxygen atoms in total. The first-order valence-electron chi connectivity index (χ1n) is 6.38. The van der Waals surface area contributed by atoms with Crippen LogP contribution in [0, 0.1) is 0 Å². The summed E-state index contributed by atoms with van der Waals surface area (Å²) in [7, 11) is -1.39. The molecule has 0 aliphatic carbocycles. The summed E-state index contributed by atoms with van der Waals surface area (Å²) in [5.41, 5.74) is 0. The number of hydrogen-bond acceptors (Lipinski definition) is 4. The topological polar surface area (TPSA) is 49.4 Å². The second-order valence-corrected chi connectivity index (χ2v) is 7.90. The maximum absolute atomic E-state index is 12.5. The van der Waals surface area contributed by atoms with Gasteiger partial charge in [0.05, 0.1) is 0 Å². The Hall–Kier alpha value is -0.430. The molecule has 0 amide bonds. The van der Waals surface area contributed by atoms with Crippen molar-refractivity contribution in [2.24, 2.45) is 0 Å². The first kappa shape index (κ1) is 14.0. The van der Waals surface area contributed by atoms with E-state index in [0.29, 0.717) is 17.3 Å². The third-order valence-corrected chi connectivity index (χ3v) is 6.60. The molecule has 0 unspecified atom stereocenters. The zero-order valence-corrected chi connectivity index (χ0v) is 12.3. The molecule has 1 aliphatic heterocycles. The third-order valence-electron chi connectivity index (χ3n) is 3.15. The van der Waals surface area contributed by atoms with Gasteiger partial charge in [0, 0.05) is 24.5 Å². The van der Waals surface area contributed by atoms with E-state index in [-0.39, 0.29) is 0 Å². The molecule has 1 saturated heterocycles. The van der Waals surface area contributed by atoms with E-state index in [9.17, 15) is 8.42 Å². The minimum Gasteiger partial charge on any atom is -0.315 e. The summed E-state index contributed by atoms with van der Waals surface area (Å²) >= 11 is 1.37. The Bertz CT molecular complexity index is 474. The van der Waals surface area contributed by atoms with Crippen molar-refractivity contribution in [1.82, 2.24) is 9.62 Å². The third kappa shape index (κ3) is 3.12. The van der Waals surface area contributed by atoms with Crippen LogP contribution >= 0.6 is 11.3 Å². The monoisotopic (exact) mass is 288 g/mol. The Labute approximate surface area is 113 Å². The van der Waals surface area contributed by atoms with Crippen molar-refractivity contribution < 1.29 is 8.42 Å². The number of nitrogens with one attached hydrogen (secondary N) is 1. The van der Waals surface area contributed by atoms with Gasteiger partial charge in [-0.1, -0.05) is 12.8 Å². The molecule has 0 spiro atoms. The molecular formula is C12H20N2O2S2. The highest BCUT2D eigenvalue weighted by Gasteiger charge is 2.26. The largest absolute Gasteiger partial charge is 0.315 e. The van der Waals surface area contributed by atoms with E-state index in [2.05, 4.69) is 5.32 Å². The van der Waals surface area contributed by atoms with Crippen LogP contribution in [0.2, 0.25) is 0 Å². The summed E-state index contributed by atoms with van der Waals surface area (Å²) < 4.78 is 27.1. The molecule has 1 aliphatic rings. The fraction of sp³-hybridized carbons (Fsp3) is 0.667. The lowest BCUT2D eigenvalue weighted by Gasteiger charge is -2.18. The van der Waals surface area contributed by atoms with E-state index < -0.39 is 10.0 Å². The van der Waals surface area contributed by atoms with Gasteiger partial charge in [-0.3, -0.25) is 0 Å². The summed E-state index contributed by atoms with van der Waals surface area (Å²) in [6.45, 7) is 2.06. The van der Waals surface area contributed by atoms with Crippen LogP contribution < -0.4 is 5.32 Å². The van der Waals surface area contributed by atoms with Gasteiger partial charge in [-0.15, -0.1) is 11.3 Å². The van der Waals surface area contributed by atoms with Gasteiger partial charge in [-0.05, 0) is 32.0 Å². The highest BCUT2D eigenvalue weighted by Crippen LogP contribution is 2.26. The molecule has 18 heavy (non-hydrogen) atoms. The normalized spacial score (nSPS) is 18.7. The lowest BCUT2D eigenvalue weighted by atomic mass is 10.2. The average molecular weight is 288 g/mol. The van der Waals surface area contributed by atoms with Crippen molar-refractivity contribution in [2.45, 2.75) is 36.4 Å². The van der Waals surface area contributed by atoms with Gasteiger partial charge in [-0.2, -0.15) is 4.31 Å². The first-order valence-corrected chi connectivity index (χ1v) is 8.64. The summed E-state index contributed by atoms with van der Waals surface area (Å²) in [5, 5.41) is 3.04. The Kier molecular flexibility index (Phi) is 4.77. The SMILES string of the molecule is CNCc1ccc(S(=O)(=O)N2CCCCCC2)s1. The summed E-state index contributed by atoms with van der Waals surface area (Å²) in [6.07, 6.45) is 4.24. The van der Waals surface area contributed by atoms with Crippen LogP contribution in [0.1, 0.15) is 30.6 Å². The van der Waals surface area contributed by atoms with Crippen LogP contribution in [0.4, 0.5) is 0 Å². The molecule has 0 atom stereocenters. The van der Waals surface area contributed by atoms with Gasteiger partial charge in [0.2, 0.25) is 0 Å². The maximum atomic E-state index is 12.5. The van der Waals surface area contributed by atoms with E-state index in [1.54, 1.807) is 10.4 Å². The highest BCUT2D eigenvalue weighted by atomic mass is 32.2. The van der Waals surface area contributed by atoms with Crippen molar-refractivity contribution >= 4 is 21.4 Å². The van der Waals surface area contributed by atoms with Crippen molar-refractivity contribution in [1.29, 1.82) is 0 Å². The molecule has 0 radical (unpaired) electrons. The molecule has 1 N–H and O–H groups in total. The van der Waals surface area contributed by atoms with Crippen LogP contribution in [0.3, 0.4) is 0 Å². The maximum Gasteiger partial charge on any atom is 0.252 e. The van der Waals surface area contributed by atoms with Crippen LogP contribution in [0.25, 0.3) is 0 Å². The highest BCUT2D eigenvalue weighted by molar-refractivity contribution is 7.91. The zero-order valence-electron chi connectivity index (χ0n) is 10.7. The van der Waals surface area contributed by atoms with Crippen molar-refractivity contribution in [3.8, 4) is 0 Å². The number of sulfonamides is 1. The molecule has 102 valence electrons. The average Bonchev–Trinajstić information content (AvgIpc) is 2.65. The van der Waals surface area contributed by atoms with E-state index in [0.717, 1.165) is 37.1 Å². The molecule has 1 aromatic heterocycles. The van der Waals surface area contributed by atoms with Crippen LogP contribution in [-0.2, 0) is 16.6 Å². The van der Waals surface area contributed by atoms with Crippen molar-refractivity contribution in [2.75, 3.05) is 20.1 Å². The van der Waals surface area contributed by atoms with E-state index in [4.69, 9.17) is 0 Å². The van der Waals surface area contributed by atoms with Gasteiger partial charge in [0.15, 0.2) is 0 Å². The second-order valence-electron chi connectivity index (χ2n) is 4.57. The zero-order chi connectivity index (χ0) is 13.0. The number of hydrogen-bond donors (Lipinski definition) is 1. The minimum absolute atomic E-state index is 0.481. The molecule has 1 aromatic rings. The van der Waals surface area contributed by atoms with Crippen LogP contribution in [0.5, 0.6) is 0 Å². The summed E-state index contributed by atoms with van der Waals surface area (Å²) in [4.78, 5) is 1.06. The molecule has 6 heteroatoms. The van der Waals surface area contributed by atoms with Gasteiger partial charge >= 0.3 is 0 Å². The Balaban J connectivity index is 2.17. The molecule has 0 saturated carbocycles. The van der Waals surface area contributed by atoms with E-state index in [1.807, 2.05) is 13.1 Å². The van der Waals surface area contributed by atoms with E-state index in [1.165, 1.54) is 11.3 Å². The second kappa shape index (κ2) is 6.14. The molecule has 1 fully saturated rings. The van der Waals surface area contributed by atoms with Gasteiger partial charge in [0.1, 0.15) is 4.21 Å². The molecule has 2 rings (SSSR count). The lowest BCUT2D eigenvalue weighted by Crippen LogP contribution is -2.31. The summed E-state index contributed by atoms with van der Waals surface area (Å²) in [6, 6.07) is 3.63. The number of thiophene rings is 1. The molecule has 2 heterocycles. The fourth-order valence-corrected chi connectivity index (χ4v) is 5.21. The summed E-state index contributed by atoms with van der Waals surface area (Å²) in [5.74, 6) is 0. The van der Waals surface area contributed by atoms with Gasteiger partial charge in [0.25, 0.3) is 10.0 Å². The van der Waals surface area contributed by atoms with Crippen molar-refractivity contribution in [3.63, 3.8) is 0 Å². The predicted octanol–water partition coefficient (Wildman–Crippen LogP) is 2.03.